The highest BCUT2D eigenvalue weighted by atomic mass is 32.3. The van der Waals surface area contributed by atoms with Crippen LogP contribution in [0.4, 0.5) is 0 Å². The third-order valence-electron chi connectivity index (χ3n) is 2.36. The molecule has 0 aliphatic rings. The van der Waals surface area contributed by atoms with E-state index in [1.165, 1.54) is 6.92 Å². The van der Waals surface area contributed by atoms with Crippen LogP contribution in [0.25, 0.3) is 0 Å². The molecule has 0 aromatic carbocycles. The number of nitrogens with two attached hydrogens (primary N) is 1. The Morgan fingerprint density at radius 1 is 1.30 bits per heavy atom. The molecule has 1 amide bonds. The quantitative estimate of drug-likeness (QED) is 0.350. The molecule has 0 spiro atoms. The van der Waals surface area contributed by atoms with Gasteiger partial charge in [-0.05, 0) is 39.8 Å². The Morgan fingerprint density at radius 2 is 1.85 bits per heavy atom. The second kappa shape index (κ2) is 11.8. The van der Waals surface area contributed by atoms with Crippen molar-refractivity contribution in [3.63, 3.8) is 0 Å². The van der Waals surface area contributed by atoms with Gasteiger partial charge in [0.15, 0.2) is 0 Å². The number of carbonyl (C=O) groups excluding carboxylic acids is 1. The van der Waals surface area contributed by atoms with Crippen molar-refractivity contribution >= 4 is 16.3 Å². The molecule has 0 atom stereocenters. The summed E-state index contributed by atoms with van der Waals surface area (Å²) in [5.74, 6) is -0.281. The molecule has 0 aromatic rings. The minimum Gasteiger partial charge on any atom is -0.366 e. The number of hydrogen-bond donors (Lipinski definition) is 3. The summed E-state index contributed by atoms with van der Waals surface area (Å²) >= 11 is 0. The average molecular weight is 310 g/mol. The molecule has 0 unspecified atom stereocenters. The van der Waals surface area contributed by atoms with Gasteiger partial charge in [-0.1, -0.05) is 19.4 Å². The van der Waals surface area contributed by atoms with Crippen molar-refractivity contribution in [3.05, 3.63) is 11.1 Å². The molecule has 0 bridgehead atoms. The van der Waals surface area contributed by atoms with Crippen LogP contribution in [0.5, 0.6) is 0 Å². The van der Waals surface area contributed by atoms with E-state index in [0.29, 0.717) is 0 Å². The molecular weight excluding hydrogens is 284 g/mol. The van der Waals surface area contributed by atoms with Gasteiger partial charge in [-0.2, -0.15) is 8.42 Å². The first-order chi connectivity index (χ1) is 9.19. The minimum absolute atomic E-state index is 0.0289. The first-order valence-corrected chi connectivity index (χ1v) is 7.86. The largest absolute Gasteiger partial charge is 0.397 e. The Hall–Kier alpha value is -0.960. The first-order valence-electron chi connectivity index (χ1n) is 6.50. The lowest BCUT2D eigenvalue weighted by atomic mass is 10.0. The van der Waals surface area contributed by atoms with Gasteiger partial charge in [0.1, 0.15) is 0 Å². The third kappa shape index (κ3) is 13.5. The first kappa shape index (κ1) is 21.3. The summed E-state index contributed by atoms with van der Waals surface area (Å²) in [4.78, 5) is 10.9. The van der Waals surface area contributed by atoms with E-state index in [1.54, 1.807) is 0 Å². The van der Waals surface area contributed by atoms with Gasteiger partial charge < -0.3 is 11.1 Å². The second-order valence-corrected chi connectivity index (χ2v) is 5.01. The van der Waals surface area contributed by atoms with Gasteiger partial charge in [0.2, 0.25) is 5.91 Å². The van der Waals surface area contributed by atoms with Crippen LogP contribution in [-0.2, 0) is 19.4 Å². The molecule has 0 aliphatic carbocycles. The second-order valence-electron chi connectivity index (χ2n) is 3.91. The van der Waals surface area contributed by atoms with Gasteiger partial charge in [0.25, 0.3) is 0 Å². The van der Waals surface area contributed by atoms with Crippen LogP contribution in [-0.4, -0.2) is 38.6 Å². The maximum Gasteiger partial charge on any atom is 0.397 e. The number of carbonyl (C=O) groups is 1. The SMILES string of the molecule is CCNCCC(C)=C(CC)C(N)=O.CCOS(=O)(=O)O. The lowest BCUT2D eigenvalue weighted by Gasteiger charge is -2.07. The van der Waals surface area contributed by atoms with Gasteiger partial charge in [0.05, 0.1) is 6.61 Å². The van der Waals surface area contributed by atoms with E-state index in [0.717, 1.165) is 37.1 Å². The van der Waals surface area contributed by atoms with Crippen molar-refractivity contribution in [3.8, 4) is 0 Å². The topological polar surface area (TPSA) is 119 Å². The normalized spacial score (nSPS) is 12.2. The van der Waals surface area contributed by atoms with E-state index >= 15 is 0 Å². The fourth-order valence-corrected chi connectivity index (χ4v) is 1.74. The zero-order valence-electron chi connectivity index (χ0n) is 12.6. The number of primary amides is 1. The number of nitrogens with one attached hydrogen (secondary N) is 1. The molecule has 0 rings (SSSR count). The molecule has 120 valence electrons. The summed E-state index contributed by atoms with van der Waals surface area (Å²) in [6.07, 6.45) is 1.63. The Bertz CT molecular complexity index is 404. The smallest absolute Gasteiger partial charge is 0.366 e. The standard InChI is InChI=1S/C10H20N2O.C2H6O4S/c1-4-9(10(11)13)8(3)6-7-12-5-2;1-2-6-7(3,4)5/h12H,4-7H2,1-3H3,(H2,11,13);2H2,1H3,(H,3,4,5). The molecule has 0 radical (unpaired) electrons. The van der Waals surface area contributed by atoms with E-state index in [1.807, 2.05) is 13.8 Å². The van der Waals surface area contributed by atoms with Crippen molar-refractivity contribution in [2.45, 2.75) is 40.5 Å². The van der Waals surface area contributed by atoms with Crippen LogP contribution >= 0.6 is 0 Å². The van der Waals surface area contributed by atoms with Gasteiger partial charge >= 0.3 is 10.4 Å². The summed E-state index contributed by atoms with van der Waals surface area (Å²) in [6.45, 7) is 9.31. The van der Waals surface area contributed by atoms with Gasteiger partial charge in [0, 0.05) is 5.57 Å². The fourth-order valence-electron chi connectivity index (χ4n) is 1.44. The lowest BCUT2D eigenvalue weighted by Crippen LogP contribution is -2.18. The maximum atomic E-state index is 10.9. The van der Waals surface area contributed by atoms with Crippen LogP contribution in [0.3, 0.4) is 0 Å². The van der Waals surface area contributed by atoms with E-state index in [4.69, 9.17) is 10.3 Å². The van der Waals surface area contributed by atoms with Crippen molar-refractivity contribution in [2.75, 3.05) is 19.7 Å². The zero-order chi connectivity index (χ0) is 16.2. The Kier molecular flexibility index (Phi) is 12.6. The highest BCUT2D eigenvalue weighted by Crippen LogP contribution is 2.10. The van der Waals surface area contributed by atoms with Gasteiger partial charge in [-0.3, -0.25) is 9.35 Å². The molecule has 0 saturated heterocycles. The maximum absolute atomic E-state index is 10.9. The fraction of sp³-hybridized carbons (Fsp3) is 0.750. The molecule has 0 fully saturated rings. The highest BCUT2D eigenvalue weighted by molar-refractivity contribution is 7.80. The summed E-state index contributed by atoms with van der Waals surface area (Å²) in [5.41, 5.74) is 7.12. The predicted molar refractivity (Wildman–Crippen MR) is 78.5 cm³/mol. The molecule has 20 heavy (non-hydrogen) atoms. The molecule has 7 nitrogen and oxygen atoms in total. The van der Waals surface area contributed by atoms with Crippen molar-refractivity contribution in [2.24, 2.45) is 5.73 Å². The summed E-state index contributed by atoms with van der Waals surface area (Å²) in [6, 6.07) is 0. The Balaban J connectivity index is 0. The van der Waals surface area contributed by atoms with E-state index in [-0.39, 0.29) is 12.5 Å². The summed E-state index contributed by atoms with van der Waals surface area (Å²) < 4.78 is 30.7. The van der Waals surface area contributed by atoms with E-state index in [9.17, 15) is 13.2 Å². The lowest BCUT2D eigenvalue weighted by molar-refractivity contribution is -0.114. The number of rotatable bonds is 8. The molecule has 0 saturated carbocycles. The molecule has 0 aliphatic heterocycles. The predicted octanol–water partition coefficient (Wildman–Crippen LogP) is 1.02. The number of hydrogen-bond acceptors (Lipinski definition) is 5. The molecule has 4 N–H and O–H groups in total. The van der Waals surface area contributed by atoms with Crippen molar-refractivity contribution < 1.29 is 21.9 Å². The van der Waals surface area contributed by atoms with Gasteiger partial charge in [-0.25, -0.2) is 4.18 Å². The highest BCUT2D eigenvalue weighted by Gasteiger charge is 2.05. The molecular formula is C12H26N2O5S. The molecule has 0 heterocycles. The molecule has 8 heteroatoms. The van der Waals surface area contributed by atoms with Gasteiger partial charge in [-0.15, -0.1) is 0 Å². The van der Waals surface area contributed by atoms with Crippen LogP contribution in [0.2, 0.25) is 0 Å². The minimum atomic E-state index is -4.17. The average Bonchev–Trinajstić information content (AvgIpc) is 2.28. The Labute approximate surface area is 121 Å². The van der Waals surface area contributed by atoms with Crippen molar-refractivity contribution in [1.82, 2.24) is 5.32 Å². The zero-order valence-corrected chi connectivity index (χ0v) is 13.4. The Morgan fingerprint density at radius 3 is 2.10 bits per heavy atom. The van der Waals surface area contributed by atoms with Crippen molar-refractivity contribution in [1.29, 1.82) is 0 Å². The van der Waals surface area contributed by atoms with E-state index in [2.05, 4.69) is 16.4 Å². The summed E-state index contributed by atoms with van der Waals surface area (Å²) in [5, 5.41) is 3.21. The summed E-state index contributed by atoms with van der Waals surface area (Å²) in [7, 11) is -4.17. The van der Waals surface area contributed by atoms with Crippen LogP contribution in [0, 0.1) is 0 Å². The monoisotopic (exact) mass is 310 g/mol. The third-order valence-corrected chi connectivity index (χ3v) is 2.89. The number of amides is 1. The van der Waals surface area contributed by atoms with Crippen LogP contribution in [0.1, 0.15) is 40.5 Å². The van der Waals surface area contributed by atoms with E-state index < -0.39 is 10.4 Å². The van der Waals surface area contributed by atoms with Crippen LogP contribution < -0.4 is 11.1 Å². The van der Waals surface area contributed by atoms with Crippen LogP contribution in [0.15, 0.2) is 11.1 Å². The molecule has 0 aromatic heterocycles.